The number of hydrogen-bond acceptors (Lipinski definition) is 4. The second-order valence-corrected chi connectivity index (χ2v) is 8.52. The van der Waals surface area contributed by atoms with E-state index in [-0.39, 0.29) is 4.90 Å². The number of nitrogens with two attached hydrogens (primary N) is 1. The SMILES string of the molecule is CCCCCCCCCCCCOc1cc(S(C)(=O)=O)ccc1N. The van der Waals surface area contributed by atoms with E-state index >= 15 is 0 Å². The molecule has 4 nitrogen and oxygen atoms in total. The maximum atomic E-state index is 11.6. The predicted molar refractivity (Wildman–Crippen MR) is 101 cm³/mol. The Morgan fingerprint density at radius 2 is 1.46 bits per heavy atom. The van der Waals surface area contributed by atoms with Crippen LogP contribution in [0.4, 0.5) is 5.69 Å². The fourth-order valence-electron chi connectivity index (χ4n) is 2.64. The van der Waals surface area contributed by atoms with Crippen LogP contribution in [0.25, 0.3) is 0 Å². The lowest BCUT2D eigenvalue weighted by Crippen LogP contribution is -2.03. The van der Waals surface area contributed by atoms with Crippen LogP contribution in [-0.2, 0) is 9.84 Å². The van der Waals surface area contributed by atoms with Crippen molar-refractivity contribution in [3.05, 3.63) is 18.2 Å². The minimum Gasteiger partial charge on any atom is -0.491 e. The van der Waals surface area contributed by atoms with Gasteiger partial charge in [-0.15, -0.1) is 0 Å². The number of rotatable bonds is 13. The molecular formula is C19H33NO3S. The van der Waals surface area contributed by atoms with Crippen LogP contribution < -0.4 is 10.5 Å². The maximum Gasteiger partial charge on any atom is 0.175 e. The minimum atomic E-state index is -3.23. The molecule has 0 atom stereocenters. The van der Waals surface area contributed by atoms with Gasteiger partial charge in [0.05, 0.1) is 17.2 Å². The quantitative estimate of drug-likeness (QED) is 0.400. The molecule has 0 spiro atoms. The standard InChI is InChI=1S/C19H33NO3S/c1-3-4-5-6-7-8-9-10-11-12-15-23-19-16-17(24(2,21)22)13-14-18(19)20/h13-14,16H,3-12,15,20H2,1-2H3. The molecule has 0 radical (unpaired) electrons. The number of ether oxygens (including phenoxy) is 1. The summed E-state index contributed by atoms with van der Waals surface area (Å²) in [7, 11) is -3.23. The summed E-state index contributed by atoms with van der Waals surface area (Å²) in [5.74, 6) is 0.467. The van der Waals surface area contributed by atoms with Crippen LogP contribution in [0.2, 0.25) is 0 Å². The second-order valence-electron chi connectivity index (χ2n) is 6.50. The molecule has 138 valence electrons. The third kappa shape index (κ3) is 8.57. The molecule has 0 aromatic heterocycles. The van der Waals surface area contributed by atoms with Crippen molar-refractivity contribution in [2.24, 2.45) is 0 Å². The molecule has 1 aromatic carbocycles. The molecule has 0 amide bonds. The van der Waals surface area contributed by atoms with Gasteiger partial charge in [0.1, 0.15) is 5.75 Å². The van der Waals surface area contributed by atoms with Crippen LogP contribution in [0.15, 0.2) is 23.1 Å². The van der Waals surface area contributed by atoms with Crippen LogP contribution in [0, 0.1) is 0 Å². The van der Waals surface area contributed by atoms with Crippen LogP contribution in [0.3, 0.4) is 0 Å². The van der Waals surface area contributed by atoms with Gasteiger partial charge in [-0.25, -0.2) is 8.42 Å². The summed E-state index contributed by atoms with van der Waals surface area (Å²) in [5, 5.41) is 0. The number of nitrogen functional groups attached to an aromatic ring is 1. The molecule has 0 aliphatic carbocycles. The zero-order valence-corrected chi connectivity index (χ0v) is 16.0. The topological polar surface area (TPSA) is 69.4 Å². The Labute approximate surface area is 147 Å². The van der Waals surface area contributed by atoms with E-state index in [2.05, 4.69) is 6.92 Å². The van der Waals surface area contributed by atoms with E-state index < -0.39 is 9.84 Å². The van der Waals surface area contributed by atoms with E-state index in [1.165, 1.54) is 69.8 Å². The molecular weight excluding hydrogens is 322 g/mol. The largest absolute Gasteiger partial charge is 0.491 e. The summed E-state index contributed by atoms with van der Waals surface area (Å²) in [6.07, 6.45) is 13.9. The van der Waals surface area contributed by atoms with Gasteiger partial charge >= 0.3 is 0 Å². The molecule has 0 saturated heterocycles. The zero-order chi connectivity index (χ0) is 17.8. The summed E-state index contributed by atoms with van der Waals surface area (Å²) >= 11 is 0. The highest BCUT2D eigenvalue weighted by atomic mass is 32.2. The summed E-state index contributed by atoms with van der Waals surface area (Å²) < 4.78 is 28.8. The van der Waals surface area contributed by atoms with Crippen LogP contribution in [0.1, 0.15) is 71.1 Å². The Hall–Kier alpha value is -1.23. The van der Waals surface area contributed by atoms with E-state index in [1.54, 1.807) is 6.07 Å². The fraction of sp³-hybridized carbons (Fsp3) is 0.684. The van der Waals surface area contributed by atoms with E-state index in [9.17, 15) is 8.42 Å². The van der Waals surface area contributed by atoms with Crippen LogP contribution >= 0.6 is 0 Å². The average molecular weight is 356 g/mol. The first-order valence-corrected chi connectivity index (χ1v) is 11.1. The monoisotopic (exact) mass is 355 g/mol. The molecule has 0 fully saturated rings. The summed E-state index contributed by atoms with van der Waals surface area (Å²) in [4.78, 5) is 0.245. The lowest BCUT2D eigenvalue weighted by molar-refractivity contribution is 0.305. The van der Waals surface area contributed by atoms with E-state index in [1.807, 2.05) is 0 Å². The normalized spacial score (nSPS) is 11.6. The predicted octanol–water partition coefficient (Wildman–Crippen LogP) is 4.97. The van der Waals surface area contributed by atoms with E-state index in [0.717, 1.165) is 12.8 Å². The van der Waals surface area contributed by atoms with Crippen LogP contribution in [-0.4, -0.2) is 21.3 Å². The van der Waals surface area contributed by atoms with Crippen molar-refractivity contribution < 1.29 is 13.2 Å². The highest BCUT2D eigenvalue weighted by molar-refractivity contribution is 7.90. The Morgan fingerprint density at radius 1 is 0.917 bits per heavy atom. The second kappa shape index (κ2) is 11.3. The number of anilines is 1. The number of sulfone groups is 1. The van der Waals surface area contributed by atoms with Crippen molar-refractivity contribution in [2.45, 2.75) is 76.0 Å². The third-order valence-electron chi connectivity index (χ3n) is 4.17. The molecule has 0 aliphatic heterocycles. The summed E-state index contributed by atoms with van der Waals surface area (Å²) in [6, 6.07) is 4.61. The first-order valence-electron chi connectivity index (χ1n) is 9.17. The van der Waals surface area contributed by atoms with Gasteiger partial charge in [-0.05, 0) is 18.6 Å². The Kier molecular flexibility index (Phi) is 9.84. The van der Waals surface area contributed by atoms with Gasteiger partial charge in [-0.2, -0.15) is 0 Å². The Bertz CT molecular complexity index is 570. The van der Waals surface area contributed by atoms with Gasteiger partial charge in [0, 0.05) is 12.3 Å². The van der Waals surface area contributed by atoms with Crippen molar-refractivity contribution in [1.29, 1.82) is 0 Å². The van der Waals surface area contributed by atoms with E-state index in [0.29, 0.717) is 18.0 Å². The lowest BCUT2D eigenvalue weighted by Gasteiger charge is -2.10. The molecule has 2 N–H and O–H groups in total. The van der Waals surface area contributed by atoms with Gasteiger partial charge in [-0.1, -0.05) is 64.7 Å². The molecule has 0 bridgehead atoms. The Morgan fingerprint density at radius 3 is 2.00 bits per heavy atom. The van der Waals surface area contributed by atoms with Gasteiger partial charge in [0.15, 0.2) is 9.84 Å². The summed E-state index contributed by atoms with van der Waals surface area (Å²) in [6.45, 7) is 2.82. The smallest absolute Gasteiger partial charge is 0.175 e. The molecule has 0 saturated carbocycles. The van der Waals surface area contributed by atoms with Gasteiger partial charge in [0.25, 0.3) is 0 Å². The molecule has 1 aromatic rings. The minimum absolute atomic E-state index is 0.245. The van der Waals surface area contributed by atoms with Crippen molar-refractivity contribution in [3.63, 3.8) is 0 Å². The van der Waals surface area contributed by atoms with Crippen molar-refractivity contribution in [2.75, 3.05) is 18.6 Å². The average Bonchev–Trinajstić information content (AvgIpc) is 2.53. The molecule has 0 heterocycles. The first kappa shape index (κ1) is 20.8. The molecule has 24 heavy (non-hydrogen) atoms. The Balaban J connectivity index is 2.15. The molecule has 0 unspecified atom stereocenters. The van der Waals surface area contributed by atoms with Crippen molar-refractivity contribution >= 4 is 15.5 Å². The van der Waals surface area contributed by atoms with Crippen molar-refractivity contribution in [1.82, 2.24) is 0 Å². The third-order valence-corrected chi connectivity index (χ3v) is 5.28. The fourth-order valence-corrected chi connectivity index (χ4v) is 3.28. The molecule has 0 aliphatic rings. The number of hydrogen-bond donors (Lipinski definition) is 1. The zero-order valence-electron chi connectivity index (χ0n) is 15.2. The van der Waals surface area contributed by atoms with Crippen molar-refractivity contribution in [3.8, 4) is 5.75 Å². The van der Waals surface area contributed by atoms with Gasteiger partial charge in [0.2, 0.25) is 0 Å². The van der Waals surface area contributed by atoms with Gasteiger partial charge < -0.3 is 10.5 Å². The highest BCUT2D eigenvalue weighted by Gasteiger charge is 2.10. The maximum absolute atomic E-state index is 11.6. The number of benzene rings is 1. The van der Waals surface area contributed by atoms with Crippen LogP contribution in [0.5, 0.6) is 5.75 Å². The molecule has 5 heteroatoms. The highest BCUT2D eigenvalue weighted by Crippen LogP contribution is 2.25. The lowest BCUT2D eigenvalue weighted by atomic mass is 10.1. The first-order chi connectivity index (χ1) is 11.4. The van der Waals surface area contributed by atoms with E-state index in [4.69, 9.17) is 10.5 Å². The van der Waals surface area contributed by atoms with Gasteiger partial charge in [-0.3, -0.25) is 0 Å². The summed E-state index contributed by atoms with van der Waals surface area (Å²) in [5.41, 5.74) is 6.32. The number of unbranched alkanes of at least 4 members (excludes halogenated alkanes) is 9. The molecule has 1 rings (SSSR count).